The molecule has 0 spiro atoms. The summed E-state index contributed by atoms with van der Waals surface area (Å²) in [7, 11) is 0. The number of aliphatic imine (C=N–C) groups is 1. The number of nitrogens with one attached hydrogen (secondary N) is 1. The number of anilines is 1. The molecule has 4 nitrogen and oxygen atoms in total. The zero-order chi connectivity index (χ0) is 23.0. The van der Waals surface area contributed by atoms with Crippen LogP contribution in [0.25, 0.3) is 11.6 Å². The molecule has 2 aliphatic heterocycles. The summed E-state index contributed by atoms with van der Waals surface area (Å²) in [6.45, 7) is 11.3. The van der Waals surface area contributed by atoms with Crippen LogP contribution in [0.4, 0.5) is 15.8 Å². The quantitative estimate of drug-likeness (QED) is 0.547. The van der Waals surface area contributed by atoms with E-state index in [1.165, 1.54) is 11.8 Å². The van der Waals surface area contributed by atoms with Crippen LogP contribution < -0.4 is 10.2 Å². The van der Waals surface area contributed by atoms with Crippen molar-refractivity contribution in [3.8, 4) is 0 Å². The number of carbonyl (C=O) groups is 1. The molecule has 0 unspecified atom stereocenters. The Balaban J connectivity index is 1.67. The van der Waals surface area contributed by atoms with E-state index in [9.17, 15) is 4.79 Å². The van der Waals surface area contributed by atoms with Gasteiger partial charge in [-0.3, -0.25) is 4.79 Å². The first-order valence-corrected chi connectivity index (χ1v) is 11.7. The smallest absolute Gasteiger partial charge is 0.264 e. The van der Waals surface area contributed by atoms with E-state index in [1.54, 1.807) is 12.1 Å². The predicted molar refractivity (Wildman–Crippen MR) is 134 cm³/mol. The number of carbonyl (C=O) groups excluding carboxylic acids is 1. The highest BCUT2D eigenvalue weighted by molar-refractivity contribution is 8.18. The van der Waals surface area contributed by atoms with Crippen molar-refractivity contribution in [2.24, 2.45) is 4.99 Å². The van der Waals surface area contributed by atoms with Crippen LogP contribution in [0.15, 0.2) is 52.4 Å². The maximum absolute atomic E-state index is 15.2. The number of thioether (sulfide) groups is 1. The number of allylic oxidation sites excluding steroid dienone is 1. The Hall–Kier alpha value is -2.86. The molecule has 6 heteroatoms. The largest absolute Gasteiger partial charge is 0.362 e. The second kappa shape index (κ2) is 8.58. The van der Waals surface area contributed by atoms with Crippen LogP contribution in [0, 0.1) is 12.7 Å². The van der Waals surface area contributed by atoms with Gasteiger partial charge in [0, 0.05) is 23.4 Å². The van der Waals surface area contributed by atoms with Crippen LogP contribution in [0.3, 0.4) is 0 Å². The summed E-state index contributed by atoms with van der Waals surface area (Å²) in [6.07, 6.45) is 4.82. The Bertz CT molecular complexity index is 1160. The highest BCUT2D eigenvalue weighted by Crippen LogP contribution is 2.41. The van der Waals surface area contributed by atoms with E-state index in [0.29, 0.717) is 15.6 Å². The monoisotopic (exact) mass is 449 g/mol. The second-order valence-electron chi connectivity index (χ2n) is 8.84. The van der Waals surface area contributed by atoms with Gasteiger partial charge in [-0.2, -0.15) is 0 Å². The molecule has 0 radical (unpaired) electrons. The van der Waals surface area contributed by atoms with Crippen molar-refractivity contribution in [2.75, 3.05) is 11.4 Å². The van der Waals surface area contributed by atoms with Crippen LogP contribution in [-0.4, -0.2) is 23.2 Å². The lowest BCUT2D eigenvalue weighted by Gasteiger charge is -2.43. The summed E-state index contributed by atoms with van der Waals surface area (Å²) in [6, 6.07) is 11.2. The zero-order valence-corrected chi connectivity index (χ0v) is 19.9. The molecule has 0 bridgehead atoms. The van der Waals surface area contributed by atoms with Gasteiger partial charge in [-0.1, -0.05) is 30.7 Å². The number of benzene rings is 2. The number of aryl methyl sites for hydroxylation is 1. The molecule has 2 aromatic carbocycles. The normalized spacial score (nSPS) is 19.9. The van der Waals surface area contributed by atoms with Crippen molar-refractivity contribution >= 4 is 45.9 Å². The van der Waals surface area contributed by atoms with Gasteiger partial charge in [-0.25, -0.2) is 9.38 Å². The van der Waals surface area contributed by atoms with Gasteiger partial charge in [0.15, 0.2) is 5.17 Å². The minimum atomic E-state index is -0.333. The third-order valence-electron chi connectivity index (χ3n) is 5.75. The number of fused-ring (bicyclic) bond motifs is 1. The van der Waals surface area contributed by atoms with Gasteiger partial charge in [-0.15, -0.1) is 0 Å². The first-order valence-electron chi connectivity index (χ1n) is 10.8. The third kappa shape index (κ3) is 4.37. The minimum absolute atomic E-state index is 0.179. The van der Waals surface area contributed by atoms with Crippen molar-refractivity contribution in [1.82, 2.24) is 5.32 Å². The fraction of sp³-hybridized carbons (Fsp3) is 0.308. The second-order valence-corrected chi connectivity index (χ2v) is 9.87. The molecule has 1 N–H and O–H groups in total. The van der Waals surface area contributed by atoms with E-state index < -0.39 is 0 Å². The number of rotatable bonds is 4. The molecule has 4 rings (SSSR count). The molecular weight excluding hydrogens is 421 g/mol. The summed E-state index contributed by atoms with van der Waals surface area (Å²) < 4.78 is 15.2. The van der Waals surface area contributed by atoms with Crippen molar-refractivity contribution in [1.29, 1.82) is 0 Å². The Kier molecular flexibility index (Phi) is 5.99. The third-order valence-corrected chi connectivity index (χ3v) is 6.66. The van der Waals surface area contributed by atoms with Crippen LogP contribution in [0.1, 0.15) is 50.8 Å². The van der Waals surface area contributed by atoms with Crippen LogP contribution >= 0.6 is 11.8 Å². The molecule has 2 heterocycles. The summed E-state index contributed by atoms with van der Waals surface area (Å²) in [5.74, 6) is -0.598. The van der Waals surface area contributed by atoms with Gasteiger partial charge in [0.25, 0.3) is 5.91 Å². The van der Waals surface area contributed by atoms with Crippen LogP contribution in [0.5, 0.6) is 0 Å². The van der Waals surface area contributed by atoms with Crippen LogP contribution in [0.2, 0.25) is 0 Å². The fourth-order valence-corrected chi connectivity index (χ4v) is 5.05. The topological polar surface area (TPSA) is 44.7 Å². The molecule has 32 heavy (non-hydrogen) atoms. The first-order chi connectivity index (χ1) is 15.2. The van der Waals surface area contributed by atoms with Gasteiger partial charge in [0.1, 0.15) is 5.82 Å². The minimum Gasteiger partial charge on any atom is -0.362 e. The fourth-order valence-electron chi connectivity index (χ4n) is 4.22. The molecule has 0 aromatic heterocycles. The van der Waals surface area contributed by atoms with Gasteiger partial charge in [-0.05, 0) is 81.8 Å². The molecule has 0 atom stereocenters. The van der Waals surface area contributed by atoms with Gasteiger partial charge >= 0.3 is 0 Å². The zero-order valence-electron chi connectivity index (χ0n) is 19.1. The maximum atomic E-state index is 15.2. The molecule has 2 aliphatic rings. The molecule has 1 fully saturated rings. The number of halogens is 1. The van der Waals surface area contributed by atoms with E-state index >= 15 is 4.39 Å². The van der Waals surface area contributed by atoms with E-state index in [0.717, 1.165) is 41.0 Å². The summed E-state index contributed by atoms with van der Waals surface area (Å²) >= 11 is 1.23. The van der Waals surface area contributed by atoms with E-state index in [-0.39, 0.29) is 17.3 Å². The van der Waals surface area contributed by atoms with Gasteiger partial charge in [0.05, 0.1) is 16.1 Å². The van der Waals surface area contributed by atoms with E-state index in [1.807, 2.05) is 37.3 Å². The molecule has 1 amide bonds. The molecule has 0 aliphatic carbocycles. The Morgan fingerprint density at radius 3 is 2.59 bits per heavy atom. The number of amides is 1. The number of hydrogen-bond acceptors (Lipinski definition) is 4. The van der Waals surface area contributed by atoms with Crippen molar-refractivity contribution in [2.45, 2.75) is 46.6 Å². The van der Waals surface area contributed by atoms with E-state index in [4.69, 9.17) is 0 Å². The highest BCUT2D eigenvalue weighted by atomic mass is 32.2. The predicted octanol–water partition coefficient (Wildman–Crippen LogP) is 6.44. The Labute approximate surface area is 193 Å². The molecule has 0 saturated carbocycles. The standard InChI is InChI=1S/C26H28FN3OS/c1-6-11-30-22-14-21(27)18(12-20(22)17(3)15-26(30,4)5)13-23-24(31)29-25(32-23)28-19-9-7-16(2)8-10-19/h7-10,12-15H,6,11H2,1-5H3,(H,28,29,31)/b23-13+. The Morgan fingerprint density at radius 2 is 1.91 bits per heavy atom. The summed E-state index contributed by atoms with van der Waals surface area (Å²) in [5.41, 5.74) is 5.15. The number of nitrogens with zero attached hydrogens (tertiary/aromatic N) is 2. The molecule has 166 valence electrons. The molecule has 1 saturated heterocycles. The molecular formula is C26H28FN3OS. The maximum Gasteiger partial charge on any atom is 0.264 e. The lowest BCUT2D eigenvalue weighted by Crippen LogP contribution is -2.45. The Morgan fingerprint density at radius 1 is 1.19 bits per heavy atom. The number of amidine groups is 1. The van der Waals surface area contributed by atoms with Gasteiger partial charge in [0.2, 0.25) is 0 Å². The SMILES string of the molecule is CCCN1c2cc(F)c(/C=C3/SC(=Nc4ccc(C)cc4)NC3=O)cc2C(C)=CC1(C)C. The average Bonchev–Trinajstić information content (AvgIpc) is 3.06. The number of hydrogen-bond donors (Lipinski definition) is 1. The highest BCUT2D eigenvalue weighted by Gasteiger charge is 2.32. The summed E-state index contributed by atoms with van der Waals surface area (Å²) in [4.78, 5) is 19.7. The van der Waals surface area contributed by atoms with Crippen molar-refractivity contribution < 1.29 is 9.18 Å². The molecule has 2 aromatic rings. The van der Waals surface area contributed by atoms with E-state index in [2.05, 4.69) is 49.0 Å². The first kappa shape index (κ1) is 22.3. The summed E-state index contributed by atoms with van der Waals surface area (Å²) in [5, 5.41) is 3.27. The lowest BCUT2D eigenvalue weighted by atomic mass is 9.87. The van der Waals surface area contributed by atoms with Crippen molar-refractivity contribution in [3.63, 3.8) is 0 Å². The van der Waals surface area contributed by atoms with Gasteiger partial charge < -0.3 is 10.2 Å². The lowest BCUT2D eigenvalue weighted by molar-refractivity contribution is -0.115. The van der Waals surface area contributed by atoms with Crippen molar-refractivity contribution in [3.05, 3.63) is 69.9 Å². The average molecular weight is 450 g/mol. The van der Waals surface area contributed by atoms with Crippen LogP contribution in [-0.2, 0) is 4.79 Å².